The van der Waals surface area contributed by atoms with Crippen molar-refractivity contribution in [1.29, 1.82) is 0 Å². The van der Waals surface area contributed by atoms with E-state index in [1.54, 1.807) is 11.1 Å². The van der Waals surface area contributed by atoms with Gasteiger partial charge >= 0.3 is 0 Å². The van der Waals surface area contributed by atoms with Gasteiger partial charge in [-0.25, -0.2) is 0 Å². The van der Waals surface area contributed by atoms with Crippen LogP contribution in [0.3, 0.4) is 0 Å². The van der Waals surface area contributed by atoms with E-state index < -0.39 is 0 Å². The zero-order chi connectivity index (χ0) is 13.8. The smallest absolute Gasteiger partial charge is 0.0106 e. The van der Waals surface area contributed by atoms with E-state index in [-0.39, 0.29) is 0 Å². The van der Waals surface area contributed by atoms with Crippen molar-refractivity contribution in [2.45, 2.75) is 62.8 Å². The van der Waals surface area contributed by atoms with Gasteiger partial charge in [-0.1, -0.05) is 13.0 Å². The Morgan fingerprint density at radius 3 is 2.75 bits per heavy atom. The third-order valence-corrected chi connectivity index (χ3v) is 5.89. The summed E-state index contributed by atoms with van der Waals surface area (Å²) in [6, 6.07) is 7.87. The van der Waals surface area contributed by atoms with Gasteiger partial charge in [-0.05, 0) is 74.1 Å². The SMILES string of the molecule is CC1CCC(NCCSc2ccc3c(c2)CCC3)CC1. The molecule has 0 aromatic heterocycles. The normalized spacial score (nSPS) is 25.6. The third-order valence-electron chi connectivity index (χ3n) is 4.89. The number of aryl methyl sites for hydroxylation is 2. The highest BCUT2D eigenvalue weighted by atomic mass is 32.2. The van der Waals surface area contributed by atoms with Gasteiger partial charge in [0.25, 0.3) is 0 Å². The first-order chi connectivity index (χ1) is 9.81. The lowest BCUT2D eigenvalue weighted by atomic mass is 9.87. The summed E-state index contributed by atoms with van der Waals surface area (Å²) in [6.45, 7) is 3.54. The third kappa shape index (κ3) is 3.79. The number of fused-ring (bicyclic) bond motifs is 1. The molecule has 3 rings (SSSR count). The van der Waals surface area contributed by atoms with E-state index >= 15 is 0 Å². The van der Waals surface area contributed by atoms with Gasteiger partial charge in [-0.15, -0.1) is 11.8 Å². The molecule has 0 unspecified atom stereocenters. The van der Waals surface area contributed by atoms with E-state index in [4.69, 9.17) is 0 Å². The van der Waals surface area contributed by atoms with Crippen LogP contribution >= 0.6 is 11.8 Å². The fourth-order valence-corrected chi connectivity index (χ4v) is 4.38. The number of nitrogens with one attached hydrogen (secondary N) is 1. The molecule has 1 saturated carbocycles. The molecule has 2 aliphatic carbocycles. The molecular formula is C18H27NS. The summed E-state index contributed by atoms with van der Waals surface area (Å²) >= 11 is 2.01. The van der Waals surface area contributed by atoms with Crippen LogP contribution in [-0.4, -0.2) is 18.3 Å². The van der Waals surface area contributed by atoms with Crippen molar-refractivity contribution in [1.82, 2.24) is 5.32 Å². The van der Waals surface area contributed by atoms with Crippen LogP contribution in [0.15, 0.2) is 23.1 Å². The summed E-state index contributed by atoms with van der Waals surface area (Å²) in [7, 11) is 0. The molecule has 1 nitrogen and oxygen atoms in total. The van der Waals surface area contributed by atoms with Gasteiger partial charge in [0.1, 0.15) is 0 Å². The van der Waals surface area contributed by atoms with Gasteiger partial charge in [0.05, 0.1) is 0 Å². The molecule has 0 atom stereocenters. The number of hydrogen-bond acceptors (Lipinski definition) is 2. The molecule has 1 fully saturated rings. The lowest BCUT2D eigenvalue weighted by Crippen LogP contribution is -2.34. The average Bonchev–Trinajstić information content (AvgIpc) is 2.93. The molecule has 0 bridgehead atoms. The Morgan fingerprint density at radius 1 is 1.10 bits per heavy atom. The van der Waals surface area contributed by atoms with E-state index in [1.165, 1.54) is 55.6 Å². The molecule has 1 aromatic rings. The topological polar surface area (TPSA) is 12.0 Å². The monoisotopic (exact) mass is 289 g/mol. The number of rotatable bonds is 5. The summed E-state index contributed by atoms with van der Waals surface area (Å²) in [6.07, 6.45) is 9.52. The summed E-state index contributed by atoms with van der Waals surface area (Å²) in [5, 5.41) is 3.74. The number of hydrogen-bond donors (Lipinski definition) is 1. The lowest BCUT2D eigenvalue weighted by Gasteiger charge is -2.27. The van der Waals surface area contributed by atoms with Crippen LogP contribution in [0.4, 0.5) is 0 Å². The van der Waals surface area contributed by atoms with Gasteiger partial charge in [0.15, 0.2) is 0 Å². The Kier molecular flexibility index (Phi) is 5.06. The first-order valence-electron chi connectivity index (χ1n) is 8.29. The van der Waals surface area contributed by atoms with Gasteiger partial charge < -0.3 is 5.32 Å². The summed E-state index contributed by atoms with van der Waals surface area (Å²) in [5.41, 5.74) is 3.19. The summed E-state index contributed by atoms with van der Waals surface area (Å²) < 4.78 is 0. The van der Waals surface area contributed by atoms with Crippen molar-refractivity contribution >= 4 is 11.8 Å². The Morgan fingerprint density at radius 2 is 1.90 bits per heavy atom. The molecule has 0 spiro atoms. The minimum absolute atomic E-state index is 0.784. The Balaban J connectivity index is 1.37. The van der Waals surface area contributed by atoms with Crippen LogP contribution in [0.25, 0.3) is 0 Å². The van der Waals surface area contributed by atoms with Crippen molar-refractivity contribution in [2.75, 3.05) is 12.3 Å². The van der Waals surface area contributed by atoms with E-state index in [0.29, 0.717) is 0 Å². The van der Waals surface area contributed by atoms with E-state index in [0.717, 1.165) is 18.5 Å². The minimum atomic E-state index is 0.784. The maximum atomic E-state index is 3.74. The van der Waals surface area contributed by atoms with Crippen molar-refractivity contribution in [3.63, 3.8) is 0 Å². The maximum absolute atomic E-state index is 3.74. The highest BCUT2D eigenvalue weighted by Gasteiger charge is 2.17. The second-order valence-corrected chi connectivity index (χ2v) is 7.71. The molecule has 0 radical (unpaired) electrons. The second kappa shape index (κ2) is 7.00. The minimum Gasteiger partial charge on any atom is -0.313 e. The van der Waals surface area contributed by atoms with Crippen molar-refractivity contribution in [3.05, 3.63) is 29.3 Å². The molecule has 20 heavy (non-hydrogen) atoms. The number of thioether (sulfide) groups is 1. The fraction of sp³-hybridized carbons (Fsp3) is 0.667. The molecule has 110 valence electrons. The first kappa shape index (κ1) is 14.5. The predicted octanol–water partition coefficient (Wildman–Crippen LogP) is 4.44. The molecule has 1 N–H and O–H groups in total. The van der Waals surface area contributed by atoms with Crippen LogP contribution in [0, 0.1) is 5.92 Å². The highest BCUT2D eigenvalue weighted by molar-refractivity contribution is 7.99. The Bertz CT molecular complexity index is 435. The van der Waals surface area contributed by atoms with E-state index in [2.05, 4.69) is 30.4 Å². The van der Waals surface area contributed by atoms with Crippen LogP contribution in [0.1, 0.15) is 50.2 Å². The zero-order valence-electron chi connectivity index (χ0n) is 12.7. The van der Waals surface area contributed by atoms with Crippen LogP contribution in [0.2, 0.25) is 0 Å². The molecule has 2 heteroatoms. The van der Waals surface area contributed by atoms with Gasteiger partial charge in [0.2, 0.25) is 0 Å². The predicted molar refractivity (Wildman–Crippen MR) is 88.6 cm³/mol. The van der Waals surface area contributed by atoms with Crippen LogP contribution < -0.4 is 5.32 Å². The number of benzene rings is 1. The van der Waals surface area contributed by atoms with Crippen molar-refractivity contribution in [3.8, 4) is 0 Å². The molecule has 0 amide bonds. The molecule has 2 aliphatic rings. The Labute approximate surface area is 127 Å². The molecule has 0 saturated heterocycles. The summed E-state index contributed by atoms with van der Waals surface area (Å²) in [5.74, 6) is 2.15. The largest absolute Gasteiger partial charge is 0.313 e. The highest BCUT2D eigenvalue weighted by Crippen LogP contribution is 2.27. The zero-order valence-corrected chi connectivity index (χ0v) is 13.5. The lowest BCUT2D eigenvalue weighted by molar-refractivity contribution is 0.312. The van der Waals surface area contributed by atoms with Gasteiger partial charge in [-0.3, -0.25) is 0 Å². The van der Waals surface area contributed by atoms with Crippen molar-refractivity contribution < 1.29 is 0 Å². The van der Waals surface area contributed by atoms with Crippen LogP contribution in [-0.2, 0) is 12.8 Å². The second-order valence-electron chi connectivity index (χ2n) is 6.54. The Hall–Kier alpha value is -0.470. The first-order valence-corrected chi connectivity index (χ1v) is 9.28. The molecule has 1 aromatic carbocycles. The molecule has 0 aliphatic heterocycles. The quantitative estimate of drug-likeness (QED) is 0.635. The van der Waals surface area contributed by atoms with Gasteiger partial charge in [0, 0.05) is 23.2 Å². The summed E-state index contributed by atoms with van der Waals surface area (Å²) in [4.78, 5) is 1.46. The fourth-order valence-electron chi connectivity index (χ4n) is 3.53. The molecule has 0 heterocycles. The maximum Gasteiger partial charge on any atom is 0.0106 e. The standard InChI is InChI=1S/C18H27NS/c1-14-5-8-17(9-6-14)19-11-12-20-18-10-7-15-3-2-4-16(15)13-18/h7,10,13-14,17,19H,2-6,8-9,11-12H2,1H3. The van der Waals surface area contributed by atoms with Crippen molar-refractivity contribution in [2.24, 2.45) is 5.92 Å². The van der Waals surface area contributed by atoms with E-state index in [1.807, 2.05) is 11.8 Å². The average molecular weight is 289 g/mol. The van der Waals surface area contributed by atoms with Gasteiger partial charge in [-0.2, -0.15) is 0 Å². The van der Waals surface area contributed by atoms with E-state index in [9.17, 15) is 0 Å². The van der Waals surface area contributed by atoms with Crippen LogP contribution in [0.5, 0.6) is 0 Å². The molecular weight excluding hydrogens is 262 g/mol.